The summed E-state index contributed by atoms with van der Waals surface area (Å²) in [7, 11) is -0.458. The number of rotatable bonds is 3. The first-order chi connectivity index (χ1) is 9.62. The van der Waals surface area contributed by atoms with E-state index in [1.54, 1.807) is 6.07 Å². The first-order valence-electron chi connectivity index (χ1n) is 6.86. The molecule has 2 rings (SSSR count). The van der Waals surface area contributed by atoms with E-state index in [9.17, 15) is 4.79 Å². The number of carboxylic acids is 1. The maximum absolute atomic E-state index is 10.5. The van der Waals surface area contributed by atoms with Crippen molar-refractivity contribution in [2.24, 2.45) is 0 Å². The van der Waals surface area contributed by atoms with Gasteiger partial charge in [-0.05, 0) is 46.8 Å². The molecule has 1 fully saturated rings. The number of carboxylic acid groups (broad SMARTS) is 1. The summed E-state index contributed by atoms with van der Waals surface area (Å²) >= 11 is 0. The van der Waals surface area contributed by atoms with Crippen LogP contribution in [0.1, 0.15) is 39.1 Å². The average Bonchev–Trinajstić information content (AvgIpc) is 2.55. The lowest BCUT2D eigenvalue weighted by molar-refractivity contribution is -0.131. The maximum atomic E-state index is 10.5. The highest BCUT2D eigenvalue weighted by Gasteiger charge is 2.52. The summed E-state index contributed by atoms with van der Waals surface area (Å²) in [5, 5.41) is 8.63. The fraction of sp³-hybridized carbons (Fsp3) is 0.467. The van der Waals surface area contributed by atoms with Crippen LogP contribution in [0.25, 0.3) is 6.08 Å². The Labute approximate surface area is 125 Å². The number of aromatic nitrogens is 1. The lowest BCUT2D eigenvalue weighted by Gasteiger charge is -2.32. The molecule has 0 radical (unpaired) electrons. The van der Waals surface area contributed by atoms with Gasteiger partial charge in [0.2, 0.25) is 0 Å². The Hall–Kier alpha value is -1.66. The molecular weight excluding hydrogens is 269 g/mol. The Kier molecular flexibility index (Phi) is 3.95. The van der Waals surface area contributed by atoms with Gasteiger partial charge in [-0.2, -0.15) is 0 Å². The number of nitrogens with zero attached hydrogens (tertiary/aromatic N) is 1. The first kappa shape index (κ1) is 15.7. The second kappa shape index (κ2) is 5.28. The minimum Gasteiger partial charge on any atom is -0.478 e. The molecule has 0 bridgehead atoms. The van der Waals surface area contributed by atoms with Crippen LogP contribution in [0, 0.1) is 6.92 Å². The SMILES string of the molecule is Cc1nc(/C=C/C(=O)O)ccc1B1OC(C)(C)C(C)(C)O1. The van der Waals surface area contributed by atoms with Crippen LogP contribution in [0.5, 0.6) is 0 Å². The lowest BCUT2D eigenvalue weighted by Crippen LogP contribution is -2.41. The topological polar surface area (TPSA) is 68.7 Å². The highest BCUT2D eigenvalue weighted by molar-refractivity contribution is 6.62. The number of aryl methyl sites for hydroxylation is 1. The van der Waals surface area contributed by atoms with Gasteiger partial charge in [-0.25, -0.2) is 4.79 Å². The molecule has 1 aromatic heterocycles. The Bertz CT molecular complexity index is 579. The van der Waals surface area contributed by atoms with Crippen molar-refractivity contribution in [1.29, 1.82) is 0 Å². The van der Waals surface area contributed by atoms with Gasteiger partial charge < -0.3 is 14.4 Å². The molecule has 5 nitrogen and oxygen atoms in total. The summed E-state index contributed by atoms with van der Waals surface area (Å²) in [6.07, 6.45) is 2.53. The maximum Gasteiger partial charge on any atom is 0.496 e. The Morgan fingerprint density at radius 3 is 2.29 bits per heavy atom. The van der Waals surface area contributed by atoms with Gasteiger partial charge in [0.1, 0.15) is 0 Å². The van der Waals surface area contributed by atoms with Gasteiger partial charge in [0, 0.05) is 17.2 Å². The molecule has 0 amide bonds. The van der Waals surface area contributed by atoms with E-state index in [1.165, 1.54) is 6.08 Å². The van der Waals surface area contributed by atoms with Crippen molar-refractivity contribution in [1.82, 2.24) is 4.98 Å². The molecule has 1 aliphatic heterocycles. The van der Waals surface area contributed by atoms with Gasteiger partial charge >= 0.3 is 13.1 Å². The van der Waals surface area contributed by atoms with Crippen LogP contribution in [0.4, 0.5) is 0 Å². The van der Waals surface area contributed by atoms with Crippen LogP contribution in [0.3, 0.4) is 0 Å². The predicted octanol–water partition coefficient (Wildman–Crippen LogP) is 1.79. The number of pyridine rings is 1. The Balaban J connectivity index is 2.25. The second-order valence-corrected chi connectivity index (χ2v) is 6.17. The molecule has 2 heterocycles. The van der Waals surface area contributed by atoms with Crippen molar-refractivity contribution < 1.29 is 19.2 Å². The molecule has 21 heavy (non-hydrogen) atoms. The van der Waals surface area contributed by atoms with E-state index >= 15 is 0 Å². The predicted molar refractivity (Wildman–Crippen MR) is 81.4 cm³/mol. The van der Waals surface area contributed by atoms with Gasteiger partial charge in [-0.3, -0.25) is 4.98 Å². The number of hydrogen-bond acceptors (Lipinski definition) is 4. The third-order valence-electron chi connectivity index (χ3n) is 4.05. The van der Waals surface area contributed by atoms with E-state index in [-0.39, 0.29) is 0 Å². The van der Waals surface area contributed by atoms with Crippen molar-refractivity contribution in [2.45, 2.75) is 45.8 Å². The van der Waals surface area contributed by atoms with Gasteiger partial charge in [-0.15, -0.1) is 0 Å². The zero-order valence-electron chi connectivity index (χ0n) is 13.0. The molecule has 0 unspecified atom stereocenters. The standard InChI is InChI=1S/C15H20BNO4/c1-10-12(8-6-11(17-10)7-9-13(18)19)16-20-14(2,3)15(4,5)21-16/h6-9H,1-5H3,(H,18,19)/b9-7+. The van der Waals surface area contributed by atoms with Gasteiger partial charge in [0.15, 0.2) is 0 Å². The quantitative estimate of drug-likeness (QED) is 0.678. The third kappa shape index (κ3) is 3.17. The molecule has 1 N–H and O–H groups in total. The minimum atomic E-state index is -0.996. The van der Waals surface area contributed by atoms with Crippen molar-refractivity contribution in [3.63, 3.8) is 0 Å². The summed E-state index contributed by atoms with van der Waals surface area (Å²) in [6, 6.07) is 3.62. The number of carbonyl (C=O) groups is 1. The van der Waals surface area contributed by atoms with Crippen LogP contribution >= 0.6 is 0 Å². The van der Waals surface area contributed by atoms with Gasteiger partial charge in [0.25, 0.3) is 0 Å². The molecule has 1 aliphatic rings. The molecule has 0 saturated carbocycles. The largest absolute Gasteiger partial charge is 0.496 e. The molecule has 0 aliphatic carbocycles. The summed E-state index contributed by atoms with van der Waals surface area (Å²) < 4.78 is 12.0. The van der Waals surface area contributed by atoms with Crippen LogP contribution in [0.2, 0.25) is 0 Å². The molecule has 0 atom stereocenters. The molecule has 112 valence electrons. The van der Waals surface area contributed by atoms with E-state index in [0.717, 1.165) is 17.2 Å². The molecule has 1 saturated heterocycles. The van der Waals surface area contributed by atoms with Crippen molar-refractivity contribution in [2.75, 3.05) is 0 Å². The summed E-state index contributed by atoms with van der Waals surface area (Å²) in [5.41, 5.74) is 1.43. The summed E-state index contributed by atoms with van der Waals surface area (Å²) in [5.74, 6) is -0.996. The van der Waals surface area contributed by atoms with Gasteiger partial charge in [-0.1, -0.05) is 6.07 Å². The van der Waals surface area contributed by atoms with Crippen LogP contribution in [0.15, 0.2) is 18.2 Å². The van der Waals surface area contributed by atoms with Crippen molar-refractivity contribution in [3.8, 4) is 0 Å². The number of hydrogen-bond donors (Lipinski definition) is 1. The van der Waals surface area contributed by atoms with E-state index in [1.807, 2.05) is 40.7 Å². The molecule has 0 aromatic carbocycles. The van der Waals surface area contributed by atoms with Crippen LogP contribution in [-0.2, 0) is 14.1 Å². The third-order valence-corrected chi connectivity index (χ3v) is 4.05. The van der Waals surface area contributed by atoms with Crippen molar-refractivity contribution in [3.05, 3.63) is 29.6 Å². The highest BCUT2D eigenvalue weighted by Crippen LogP contribution is 2.36. The second-order valence-electron chi connectivity index (χ2n) is 6.17. The molecule has 1 aromatic rings. The molecule has 0 spiro atoms. The minimum absolute atomic E-state index is 0.397. The van der Waals surface area contributed by atoms with Crippen LogP contribution < -0.4 is 5.46 Å². The van der Waals surface area contributed by atoms with E-state index in [4.69, 9.17) is 14.4 Å². The fourth-order valence-electron chi connectivity index (χ4n) is 2.06. The van der Waals surface area contributed by atoms with Crippen LogP contribution in [-0.4, -0.2) is 34.4 Å². The smallest absolute Gasteiger partial charge is 0.478 e. The Morgan fingerprint density at radius 1 is 1.24 bits per heavy atom. The zero-order valence-corrected chi connectivity index (χ0v) is 13.0. The highest BCUT2D eigenvalue weighted by atomic mass is 16.7. The summed E-state index contributed by atoms with van der Waals surface area (Å²) in [4.78, 5) is 14.9. The van der Waals surface area contributed by atoms with E-state index in [2.05, 4.69) is 4.98 Å². The zero-order chi connectivity index (χ0) is 15.8. The normalized spacial score (nSPS) is 20.1. The average molecular weight is 289 g/mol. The number of aliphatic carboxylic acids is 1. The van der Waals surface area contributed by atoms with Gasteiger partial charge in [0.05, 0.1) is 16.9 Å². The van der Waals surface area contributed by atoms with E-state index in [0.29, 0.717) is 5.69 Å². The molecular formula is C15H20BNO4. The summed E-state index contributed by atoms with van der Waals surface area (Å²) in [6.45, 7) is 9.86. The first-order valence-corrected chi connectivity index (χ1v) is 6.86. The van der Waals surface area contributed by atoms with Crippen molar-refractivity contribution >= 4 is 24.6 Å². The monoisotopic (exact) mass is 289 g/mol. The lowest BCUT2D eigenvalue weighted by atomic mass is 9.78. The Morgan fingerprint density at radius 2 is 1.81 bits per heavy atom. The fourth-order valence-corrected chi connectivity index (χ4v) is 2.06. The van der Waals surface area contributed by atoms with E-state index < -0.39 is 24.3 Å². The molecule has 6 heteroatoms.